The lowest BCUT2D eigenvalue weighted by molar-refractivity contribution is 0.501. The van der Waals surface area contributed by atoms with E-state index in [1.54, 1.807) is 18.3 Å². The molecule has 0 radical (unpaired) electrons. The molecule has 0 aliphatic carbocycles. The van der Waals surface area contributed by atoms with Gasteiger partial charge in [0.1, 0.15) is 10.8 Å². The summed E-state index contributed by atoms with van der Waals surface area (Å²) in [4.78, 5) is 4.29. The fourth-order valence-corrected chi connectivity index (χ4v) is 2.83. The van der Waals surface area contributed by atoms with Gasteiger partial charge in [-0.05, 0) is 32.0 Å². The van der Waals surface area contributed by atoms with Crippen molar-refractivity contribution in [2.45, 2.75) is 25.9 Å². The van der Waals surface area contributed by atoms with Crippen molar-refractivity contribution in [2.75, 3.05) is 0 Å². The molecule has 1 unspecified atom stereocenters. The second kappa shape index (κ2) is 5.91. The van der Waals surface area contributed by atoms with Crippen molar-refractivity contribution in [1.29, 1.82) is 0 Å². The van der Waals surface area contributed by atoms with E-state index < -0.39 is 0 Å². The third-order valence-electron chi connectivity index (χ3n) is 2.47. The second-order valence-electron chi connectivity index (χ2n) is 4.29. The van der Waals surface area contributed by atoms with E-state index in [0.29, 0.717) is 5.56 Å². The minimum atomic E-state index is -0.216. The number of hydrogen-bond donors (Lipinski definition) is 1. The summed E-state index contributed by atoms with van der Waals surface area (Å²) in [6.45, 7) is 4.08. The number of benzene rings is 1. The standard InChI is InChI=1S/C13H14BrFN2S/c1-8(2)17-12(13-16-5-6-18-13)10-7-9(14)3-4-11(10)15/h3-8,12,17H,1-2H3. The van der Waals surface area contributed by atoms with Crippen LogP contribution in [0.2, 0.25) is 0 Å². The monoisotopic (exact) mass is 328 g/mol. The highest BCUT2D eigenvalue weighted by molar-refractivity contribution is 9.10. The quantitative estimate of drug-likeness (QED) is 0.912. The molecule has 0 fully saturated rings. The van der Waals surface area contributed by atoms with Crippen LogP contribution in [0.25, 0.3) is 0 Å². The molecule has 96 valence electrons. The van der Waals surface area contributed by atoms with E-state index >= 15 is 0 Å². The third-order valence-corrected chi connectivity index (χ3v) is 3.80. The van der Waals surface area contributed by atoms with E-state index in [9.17, 15) is 4.39 Å². The number of hydrogen-bond acceptors (Lipinski definition) is 3. The number of halogens is 2. The van der Waals surface area contributed by atoms with Gasteiger partial charge in [-0.1, -0.05) is 15.9 Å². The highest BCUT2D eigenvalue weighted by Gasteiger charge is 2.21. The summed E-state index contributed by atoms with van der Waals surface area (Å²) >= 11 is 4.91. The number of nitrogens with one attached hydrogen (secondary N) is 1. The number of rotatable bonds is 4. The van der Waals surface area contributed by atoms with E-state index in [4.69, 9.17) is 0 Å². The molecule has 0 aliphatic rings. The molecule has 2 nitrogen and oxygen atoms in total. The van der Waals surface area contributed by atoms with Gasteiger partial charge in [-0.2, -0.15) is 0 Å². The zero-order valence-corrected chi connectivity index (χ0v) is 12.6. The van der Waals surface area contributed by atoms with Crippen molar-refractivity contribution in [3.05, 3.63) is 50.6 Å². The van der Waals surface area contributed by atoms with Gasteiger partial charge in [0.2, 0.25) is 0 Å². The zero-order valence-electron chi connectivity index (χ0n) is 10.2. The maximum atomic E-state index is 14.0. The summed E-state index contributed by atoms with van der Waals surface area (Å²) in [5, 5.41) is 6.13. The second-order valence-corrected chi connectivity index (χ2v) is 6.13. The Balaban J connectivity index is 2.42. The maximum absolute atomic E-state index is 14.0. The predicted molar refractivity (Wildman–Crippen MR) is 76.3 cm³/mol. The average Bonchev–Trinajstić information content (AvgIpc) is 2.82. The number of nitrogens with zero attached hydrogens (tertiary/aromatic N) is 1. The Kier molecular flexibility index (Phi) is 4.48. The summed E-state index contributed by atoms with van der Waals surface area (Å²) in [7, 11) is 0. The van der Waals surface area contributed by atoms with Crippen molar-refractivity contribution in [3.63, 3.8) is 0 Å². The summed E-state index contributed by atoms with van der Waals surface area (Å²) < 4.78 is 14.8. The minimum absolute atomic E-state index is 0.206. The van der Waals surface area contributed by atoms with Gasteiger partial charge >= 0.3 is 0 Å². The smallest absolute Gasteiger partial charge is 0.128 e. The van der Waals surface area contributed by atoms with Gasteiger partial charge in [-0.3, -0.25) is 0 Å². The zero-order chi connectivity index (χ0) is 13.1. The Morgan fingerprint density at radius 1 is 1.39 bits per heavy atom. The van der Waals surface area contributed by atoms with Crippen LogP contribution in [0, 0.1) is 5.82 Å². The molecule has 0 bridgehead atoms. The van der Waals surface area contributed by atoms with Crippen LogP contribution in [0.4, 0.5) is 4.39 Å². The summed E-state index contributed by atoms with van der Waals surface area (Å²) in [5.74, 6) is -0.216. The lowest BCUT2D eigenvalue weighted by Crippen LogP contribution is -2.29. The predicted octanol–water partition coefficient (Wildman–Crippen LogP) is 4.13. The van der Waals surface area contributed by atoms with Crippen LogP contribution >= 0.6 is 27.3 Å². The van der Waals surface area contributed by atoms with E-state index in [0.717, 1.165) is 9.48 Å². The van der Waals surface area contributed by atoms with Gasteiger partial charge < -0.3 is 5.32 Å². The molecule has 0 aliphatic heterocycles. The van der Waals surface area contributed by atoms with Crippen molar-refractivity contribution in [2.24, 2.45) is 0 Å². The fourth-order valence-electron chi connectivity index (χ4n) is 1.74. The van der Waals surface area contributed by atoms with Crippen molar-refractivity contribution in [1.82, 2.24) is 10.3 Å². The molecule has 1 heterocycles. The molecule has 1 atom stereocenters. The van der Waals surface area contributed by atoms with E-state index in [-0.39, 0.29) is 17.9 Å². The third kappa shape index (κ3) is 3.16. The molecule has 2 rings (SSSR count). The average molecular weight is 329 g/mol. The first kappa shape index (κ1) is 13.6. The van der Waals surface area contributed by atoms with Gasteiger partial charge in [-0.25, -0.2) is 9.37 Å². The SMILES string of the molecule is CC(C)NC(c1nccs1)c1cc(Br)ccc1F. The topological polar surface area (TPSA) is 24.9 Å². The summed E-state index contributed by atoms with van der Waals surface area (Å²) in [5.41, 5.74) is 0.619. The Hall–Kier alpha value is -0.780. The van der Waals surface area contributed by atoms with E-state index in [1.165, 1.54) is 17.4 Å². The van der Waals surface area contributed by atoms with Gasteiger partial charge in [-0.15, -0.1) is 11.3 Å². The Morgan fingerprint density at radius 3 is 2.78 bits per heavy atom. The van der Waals surface area contributed by atoms with Crippen LogP contribution < -0.4 is 5.32 Å². The summed E-state index contributed by atoms with van der Waals surface area (Å²) in [6, 6.07) is 5.02. The molecule has 0 saturated carbocycles. The van der Waals surface area contributed by atoms with Crippen LogP contribution in [-0.4, -0.2) is 11.0 Å². The number of aromatic nitrogens is 1. The minimum Gasteiger partial charge on any atom is -0.302 e. The highest BCUT2D eigenvalue weighted by atomic mass is 79.9. The van der Waals surface area contributed by atoms with Gasteiger partial charge in [0.15, 0.2) is 0 Å². The molecule has 1 aromatic heterocycles. The van der Waals surface area contributed by atoms with Crippen LogP contribution in [-0.2, 0) is 0 Å². The Bertz CT molecular complexity index is 514. The molecular weight excluding hydrogens is 315 g/mol. The van der Waals surface area contributed by atoms with E-state index in [2.05, 4.69) is 26.2 Å². The van der Waals surface area contributed by atoms with Crippen LogP contribution in [0.5, 0.6) is 0 Å². The Labute approximate surface area is 118 Å². The Morgan fingerprint density at radius 2 is 2.17 bits per heavy atom. The molecule has 18 heavy (non-hydrogen) atoms. The lowest BCUT2D eigenvalue weighted by atomic mass is 10.1. The van der Waals surface area contributed by atoms with Gasteiger partial charge in [0, 0.05) is 27.7 Å². The highest BCUT2D eigenvalue weighted by Crippen LogP contribution is 2.28. The molecule has 0 amide bonds. The van der Waals surface area contributed by atoms with Crippen LogP contribution in [0.3, 0.4) is 0 Å². The maximum Gasteiger partial charge on any atom is 0.128 e. The molecule has 2 aromatic rings. The van der Waals surface area contributed by atoms with Gasteiger partial charge in [0.05, 0.1) is 6.04 Å². The van der Waals surface area contributed by atoms with Crippen LogP contribution in [0.1, 0.15) is 30.5 Å². The van der Waals surface area contributed by atoms with Gasteiger partial charge in [0.25, 0.3) is 0 Å². The first-order chi connectivity index (χ1) is 8.58. The van der Waals surface area contributed by atoms with Crippen LogP contribution in [0.15, 0.2) is 34.2 Å². The lowest BCUT2D eigenvalue weighted by Gasteiger charge is -2.20. The normalized spacial score (nSPS) is 12.9. The largest absolute Gasteiger partial charge is 0.302 e. The van der Waals surface area contributed by atoms with Crippen molar-refractivity contribution in [3.8, 4) is 0 Å². The first-order valence-electron chi connectivity index (χ1n) is 5.68. The molecule has 0 spiro atoms. The fraction of sp³-hybridized carbons (Fsp3) is 0.308. The van der Waals surface area contributed by atoms with Crippen molar-refractivity contribution >= 4 is 27.3 Å². The molecular formula is C13H14BrFN2S. The van der Waals surface area contributed by atoms with E-state index in [1.807, 2.05) is 19.2 Å². The molecule has 1 aromatic carbocycles. The summed E-state index contributed by atoms with van der Waals surface area (Å²) in [6.07, 6.45) is 1.74. The first-order valence-corrected chi connectivity index (χ1v) is 7.35. The molecule has 1 N–H and O–H groups in total. The molecule has 5 heteroatoms. The number of thiazole rings is 1. The van der Waals surface area contributed by atoms with Crippen molar-refractivity contribution < 1.29 is 4.39 Å². The molecule has 0 saturated heterocycles.